The number of allylic oxidation sites excluding steroid dienone is 2. The molecule has 0 amide bonds. The van der Waals surface area contributed by atoms with E-state index in [0.717, 1.165) is 44.9 Å². The second-order valence-corrected chi connectivity index (χ2v) is 20.9. The van der Waals surface area contributed by atoms with Gasteiger partial charge < -0.3 is 59.4 Å². The molecular formula is C43H68O14. The average molecular weight is 809 g/mol. The van der Waals surface area contributed by atoms with E-state index in [0.29, 0.717) is 25.2 Å². The lowest BCUT2D eigenvalue weighted by Gasteiger charge is -2.71. The van der Waals surface area contributed by atoms with E-state index in [4.69, 9.17) is 23.7 Å². The Morgan fingerprint density at radius 1 is 0.754 bits per heavy atom. The van der Waals surface area contributed by atoms with E-state index < -0.39 is 85.4 Å². The molecule has 2 aliphatic heterocycles. The van der Waals surface area contributed by atoms with Gasteiger partial charge in [0.1, 0.15) is 42.7 Å². The zero-order valence-electron chi connectivity index (χ0n) is 34.9. The number of hydrogen-bond acceptors (Lipinski definition) is 14. The number of carbonyl (C=O) groups is 2. The Balaban J connectivity index is 1.15. The first-order chi connectivity index (χ1) is 26.5. The number of methoxy groups -OCH3 is 1. The molecule has 18 atom stereocenters. The maximum atomic E-state index is 14.6. The van der Waals surface area contributed by atoms with Crippen molar-refractivity contribution in [1.29, 1.82) is 0 Å². The highest BCUT2D eigenvalue weighted by molar-refractivity contribution is 5.79. The molecule has 0 aromatic rings. The molecule has 6 fully saturated rings. The standard InChI is InChI=1S/C43H68O14/c1-38(2)15-17-43(37(52)57-35-31(49)28(46)27(45)23(20-44)54-35)18-16-41(6)21(22(43)19-38)9-10-25-40(5)13-12-26(39(3,4)24(40)11-14-42(25,41)7)55-36-32(50)29(47)30(48)33(56-36)34(51)53-8/h9,22-33,35-36,44-50H,10-20H2,1-8H3/t22-,23+,24-,25+,26+,27+,28-,29-,30-,31+,32+,33-,35-,36+,40-,41+,42+,43-/m0/s1. The summed E-state index contributed by atoms with van der Waals surface area (Å²) in [4.78, 5) is 27.0. The lowest BCUT2D eigenvalue weighted by Crippen LogP contribution is -2.66. The molecule has 14 heteroatoms. The fraction of sp³-hybridized carbons (Fsp3) is 0.907. The molecule has 5 aliphatic carbocycles. The van der Waals surface area contributed by atoms with Gasteiger partial charge in [-0.2, -0.15) is 0 Å². The molecule has 0 radical (unpaired) electrons. The minimum atomic E-state index is -1.67. The lowest BCUT2D eigenvalue weighted by molar-refractivity contribution is -0.324. The Hall–Kier alpha value is -1.72. The molecule has 0 aromatic carbocycles. The molecule has 7 rings (SSSR count). The molecular weight excluding hydrogens is 740 g/mol. The Bertz CT molecular complexity index is 1580. The van der Waals surface area contributed by atoms with Crippen LogP contribution in [0.4, 0.5) is 0 Å². The summed E-state index contributed by atoms with van der Waals surface area (Å²) in [6, 6.07) is 0. The summed E-state index contributed by atoms with van der Waals surface area (Å²) in [6.45, 7) is 15.6. The number of ether oxygens (including phenoxy) is 5. The number of carbonyl (C=O) groups excluding carboxylic acids is 2. The average Bonchev–Trinajstić information content (AvgIpc) is 3.15. The van der Waals surface area contributed by atoms with Crippen LogP contribution in [0.1, 0.15) is 113 Å². The summed E-state index contributed by atoms with van der Waals surface area (Å²) in [5.74, 6) is -0.876. The van der Waals surface area contributed by atoms with Gasteiger partial charge in [0.2, 0.25) is 6.29 Å². The Kier molecular flexibility index (Phi) is 11.2. The molecule has 0 spiro atoms. The summed E-state index contributed by atoms with van der Waals surface area (Å²) in [5.41, 5.74) is -0.351. The number of esters is 2. The van der Waals surface area contributed by atoms with Crippen LogP contribution in [0.2, 0.25) is 0 Å². The molecule has 7 aliphatic rings. The summed E-state index contributed by atoms with van der Waals surface area (Å²) in [5, 5.41) is 73.3. The Labute approximate surface area is 336 Å². The predicted octanol–water partition coefficient (Wildman–Crippen LogP) is 2.50. The van der Waals surface area contributed by atoms with Gasteiger partial charge in [0.05, 0.1) is 25.2 Å². The van der Waals surface area contributed by atoms with Crippen LogP contribution in [-0.2, 0) is 33.3 Å². The lowest BCUT2D eigenvalue weighted by atomic mass is 9.33. The van der Waals surface area contributed by atoms with E-state index in [9.17, 15) is 45.3 Å². The summed E-state index contributed by atoms with van der Waals surface area (Å²) in [7, 11) is 1.17. The van der Waals surface area contributed by atoms with Gasteiger partial charge in [-0.3, -0.25) is 4.79 Å². The quantitative estimate of drug-likeness (QED) is 0.117. The minimum Gasteiger partial charge on any atom is -0.467 e. The summed E-state index contributed by atoms with van der Waals surface area (Å²) >= 11 is 0. The van der Waals surface area contributed by atoms with E-state index in [1.807, 2.05) is 0 Å². The largest absolute Gasteiger partial charge is 0.467 e. The molecule has 2 saturated heterocycles. The van der Waals surface area contributed by atoms with Crippen molar-refractivity contribution >= 4 is 11.9 Å². The topological polar surface area (TPSA) is 222 Å². The van der Waals surface area contributed by atoms with Crippen LogP contribution in [0, 0.1) is 50.2 Å². The van der Waals surface area contributed by atoms with Crippen LogP contribution in [0.25, 0.3) is 0 Å². The van der Waals surface area contributed by atoms with Crippen molar-refractivity contribution in [3.8, 4) is 0 Å². The van der Waals surface area contributed by atoms with Crippen molar-refractivity contribution in [3.63, 3.8) is 0 Å². The van der Waals surface area contributed by atoms with Crippen LogP contribution < -0.4 is 0 Å². The fourth-order valence-corrected chi connectivity index (χ4v) is 13.7. The normalized spacial score (nSPS) is 51.5. The highest BCUT2D eigenvalue weighted by atomic mass is 16.7. The monoisotopic (exact) mass is 808 g/mol. The molecule has 0 bridgehead atoms. The van der Waals surface area contributed by atoms with E-state index in [-0.39, 0.29) is 45.0 Å². The number of hydrogen-bond donors (Lipinski definition) is 7. The van der Waals surface area contributed by atoms with Gasteiger partial charge in [-0.25, -0.2) is 4.79 Å². The van der Waals surface area contributed by atoms with E-state index in [2.05, 4.69) is 54.5 Å². The molecule has 0 aromatic heterocycles. The van der Waals surface area contributed by atoms with Gasteiger partial charge in [-0.05, 0) is 109 Å². The molecule has 4 saturated carbocycles. The maximum Gasteiger partial charge on any atom is 0.337 e. The third-order valence-electron chi connectivity index (χ3n) is 17.4. The highest BCUT2D eigenvalue weighted by Crippen LogP contribution is 2.76. The van der Waals surface area contributed by atoms with Crippen molar-refractivity contribution in [1.82, 2.24) is 0 Å². The van der Waals surface area contributed by atoms with Crippen molar-refractivity contribution in [3.05, 3.63) is 11.6 Å². The Morgan fingerprint density at radius 2 is 1.40 bits per heavy atom. The number of aliphatic hydroxyl groups is 7. The van der Waals surface area contributed by atoms with Crippen LogP contribution >= 0.6 is 0 Å². The number of rotatable bonds is 6. The third-order valence-corrected chi connectivity index (χ3v) is 17.4. The van der Waals surface area contributed by atoms with E-state index in [1.54, 1.807) is 0 Å². The zero-order valence-corrected chi connectivity index (χ0v) is 34.9. The second-order valence-electron chi connectivity index (χ2n) is 20.9. The van der Waals surface area contributed by atoms with Gasteiger partial charge in [-0.1, -0.05) is 60.1 Å². The molecule has 14 nitrogen and oxygen atoms in total. The van der Waals surface area contributed by atoms with Crippen molar-refractivity contribution in [2.24, 2.45) is 50.2 Å². The fourth-order valence-electron chi connectivity index (χ4n) is 13.7. The molecule has 324 valence electrons. The van der Waals surface area contributed by atoms with Crippen molar-refractivity contribution in [2.45, 2.75) is 180 Å². The summed E-state index contributed by atoms with van der Waals surface area (Å²) < 4.78 is 28.7. The van der Waals surface area contributed by atoms with E-state index >= 15 is 0 Å². The van der Waals surface area contributed by atoms with Gasteiger partial charge in [0.25, 0.3) is 0 Å². The Morgan fingerprint density at radius 3 is 2.07 bits per heavy atom. The van der Waals surface area contributed by atoms with Crippen LogP contribution in [0.15, 0.2) is 11.6 Å². The smallest absolute Gasteiger partial charge is 0.337 e. The first-order valence-electron chi connectivity index (χ1n) is 21.2. The van der Waals surface area contributed by atoms with Gasteiger partial charge in [-0.15, -0.1) is 0 Å². The second kappa shape index (κ2) is 14.7. The molecule has 2 heterocycles. The predicted molar refractivity (Wildman–Crippen MR) is 202 cm³/mol. The first-order valence-corrected chi connectivity index (χ1v) is 21.2. The van der Waals surface area contributed by atoms with E-state index in [1.165, 1.54) is 12.7 Å². The summed E-state index contributed by atoms with van der Waals surface area (Å²) in [6.07, 6.45) is -5.33. The van der Waals surface area contributed by atoms with Crippen LogP contribution in [0.5, 0.6) is 0 Å². The zero-order chi connectivity index (χ0) is 41.8. The van der Waals surface area contributed by atoms with Crippen LogP contribution in [-0.4, -0.2) is 129 Å². The molecule has 57 heavy (non-hydrogen) atoms. The molecule has 7 N–H and O–H groups in total. The maximum absolute atomic E-state index is 14.6. The van der Waals surface area contributed by atoms with Gasteiger partial charge in [0, 0.05) is 0 Å². The SMILES string of the molecule is COC(=O)[C@H]1O[C@@H](O[C@@H]2CC[C@]3(C)[C@H]4CC=C5[C@@H]6CC(C)(C)CC[C@]6(C(=O)O[C@@H]6O[C@H](CO)[C@@H](O)[C@H](O)[C@H]6O)CC[C@@]5(C)[C@]4(C)CC[C@H]3C2(C)C)[C@H](O)[C@@H](O)[C@@H]1O. The van der Waals surface area contributed by atoms with Crippen molar-refractivity contribution < 1.29 is 69.0 Å². The van der Waals surface area contributed by atoms with Crippen LogP contribution in [0.3, 0.4) is 0 Å². The van der Waals surface area contributed by atoms with Gasteiger partial charge in [0.15, 0.2) is 12.4 Å². The van der Waals surface area contributed by atoms with Gasteiger partial charge >= 0.3 is 11.9 Å². The number of aliphatic hydroxyl groups excluding tert-OH is 7. The first kappa shape index (κ1) is 43.4. The third kappa shape index (κ3) is 6.48. The molecule has 0 unspecified atom stereocenters. The number of fused-ring (bicyclic) bond motifs is 7. The highest BCUT2D eigenvalue weighted by Gasteiger charge is 2.70. The van der Waals surface area contributed by atoms with Crippen molar-refractivity contribution in [2.75, 3.05) is 13.7 Å². The minimum absolute atomic E-state index is 0.0267.